The van der Waals surface area contributed by atoms with Crippen LogP contribution in [0.3, 0.4) is 0 Å². The smallest absolute Gasteiger partial charge is 0.357 e. The third-order valence-electron chi connectivity index (χ3n) is 2.83. The highest BCUT2D eigenvalue weighted by atomic mass is 32.1. The molecule has 0 spiro atoms. The van der Waals surface area contributed by atoms with Crippen molar-refractivity contribution in [2.45, 2.75) is 12.8 Å². The van der Waals surface area contributed by atoms with Crippen molar-refractivity contribution in [2.75, 3.05) is 19.0 Å². The van der Waals surface area contributed by atoms with Gasteiger partial charge in [0.15, 0.2) is 10.8 Å². The van der Waals surface area contributed by atoms with Crippen LogP contribution in [0.5, 0.6) is 0 Å². The van der Waals surface area contributed by atoms with Crippen LogP contribution in [-0.2, 0) is 4.74 Å². The summed E-state index contributed by atoms with van der Waals surface area (Å²) in [7, 11) is 1.35. The molecule has 5 heteroatoms. The molecule has 0 amide bonds. The number of ether oxygens (including phenoxy) is 1. The van der Waals surface area contributed by atoms with Gasteiger partial charge in [-0.2, -0.15) is 0 Å². The van der Waals surface area contributed by atoms with Crippen molar-refractivity contribution in [3.63, 3.8) is 0 Å². The van der Waals surface area contributed by atoms with Crippen LogP contribution >= 0.6 is 11.3 Å². The number of benzene rings is 1. The van der Waals surface area contributed by atoms with E-state index in [0.29, 0.717) is 11.6 Å². The first-order valence-electron chi connectivity index (χ1n) is 6.03. The predicted octanol–water partition coefficient (Wildman–Crippen LogP) is 3.15. The maximum Gasteiger partial charge on any atom is 0.357 e. The van der Waals surface area contributed by atoms with Gasteiger partial charge in [0, 0.05) is 11.9 Å². The Morgan fingerprint density at radius 3 is 2.84 bits per heavy atom. The third-order valence-corrected chi connectivity index (χ3v) is 3.63. The third kappa shape index (κ3) is 3.54. The van der Waals surface area contributed by atoms with Crippen molar-refractivity contribution in [3.8, 4) is 0 Å². The second-order valence-electron chi connectivity index (χ2n) is 4.22. The van der Waals surface area contributed by atoms with Gasteiger partial charge < -0.3 is 10.1 Å². The van der Waals surface area contributed by atoms with Crippen molar-refractivity contribution < 1.29 is 9.53 Å². The summed E-state index contributed by atoms with van der Waals surface area (Å²) in [6, 6.07) is 10.3. The quantitative estimate of drug-likeness (QED) is 0.852. The molecule has 2 rings (SSSR count). The Balaban J connectivity index is 1.92. The van der Waals surface area contributed by atoms with Crippen LogP contribution in [-0.4, -0.2) is 24.6 Å². The van der Waals surface area contributed by atoms with Crippen LogP contribution in [0, 0.1) is 0 Å². The van der Waals surface area contributed by atoms with Gasteiger partial charge in [-0.05, 0) is 11.5 Å². The monoisotopic (exact) mass is 276 g/mol. The first-order chi connectivity index (χ1) is 9.20. The topological polar surface area (TPSA) is 51.2 Å². The van der Waals surface area contributed by atoms with Gasteiger partial charge in [-0.1, -0.05) is 37.3 Å². The molecule has 1 N–H and O–H groups in total. The molecule has 1 aromatic carbocycles. The van der Waals surface area contributed by atoms with Crippen LogP contribution in [0.4, 0.5) is 5.13 Å². The average molecular weight is 276 g/mol. The lowest BCUT2D eigenvalue weighted by molar-refractivity contribution is 0.0595. The van der Waals surface area contributed by atoms with Crippen LogP contribution in [0.1, 0.15) is 28.9 Å². The minimum absolute atomic E-state index is 0.349. The number of rotatable bonds is 5. The number of hydrogen-bond donors (Lipinski definition) is 1. The van der Waals surface area contributed by atoms with Crippen molar-refractivity contribution in [1.29, 1.82) is 0 Å². The summed E-state index contributed by atoms with van der Waals surface area (Å²) < 4.78 is 4.62. The number of anilines is 1. The number of carbonyl (C=O) groups excluding carboxylic acids is 1. The van der Waals surface area contributed by atoms with Crippen molar-refractivity contribution in [2.24, 2.45) is 0 Å². The Hall–Kier alpha value is -1.88. The second-order valence-corrected chi connectivity index (χ2v) is 5.08. The molecule has 0 saturated heterocycles. The molecule has 0 aliphatic rings. The molecule has 1 unspecified atom stereocenters. The van der Waals surface area contributed by atoms with E-state index in [1.54, 1.807) is 5.38 Å². The number of aromatic nitrogens is 1. The number of carbonyl (C=O) groups is 1. The lowest BCUT2D eigenvalue weighted by Crippen LogP contribution is -2.10. The summed E-state index contributed by atoms with van der Waals surface area (Å²) in [5, 5.41) is 5.68. The van der Waals surface area contributed by atoms with Crippen LogP contribution < -0.4 is 5.32 Å². The fourth-order valence-electron chi connectivity index (χ4n) is 1.69. The Morgan fingerprint density at radius 2 is 2.16 bits per heavy atom. The van der Waals surface area contributed by atoms with E-state index in [0.717, 1.165) is 11.7 Å². The number of thiazole rings is 1. The van der Waals surface area contributed by atoms with E-state index < -0.39 is 5.97 Å². The highest BCUT2D eigenvalue weighted by Crippen LogP contribution is 2.19. The van der Waals surface area contributed by atoms with Gasteiger partial charge in [0.05, 0.1) is 7.11 Å². The molecule has 1 heterocycles. The highest BCUT2D eigenvalue weighted by Gasteiger charge is 2.11. The number of esters is 1. The Bertz CT molecular complexity index is 539. The molecule has 1 atom stereocenters. The maximum atomic E-state index is 11.3. The summed E-state index contributed by atoms with van der Waals surface area (Å²) in [5.74, 6) is -0.0212. The molecule has 0 aliphatic heterocycles. The van der Waals surface area contributed by atoms with Crippen molar-refractivity contribution >= 4 is 22.4 Å². The van der Waals surface area contributed by atoms with Crippen LogP contribution in [0.2, 0.25) is 0 Å². The van der Waals surface area contributed by atoms with Gasteiger partial charge in [0.1, 0.15) is 0 Å². The molecule has 19 heavy (non-hydrogen) atoms. The highest BCUT2D eigenvalue weighted by molar-refractivity contribution is 7.13. The zero-order chi connectivity index (χ0) is 13.7. The summed E-state index contributed by atoms with van der Waals surface area (Å²) in [5.41, 5.74) is 1.63. The molecule has 2 aromatic rings. The van der Waals surface area contributed by atoms with Crippen molar-refractivity contribution in [1.82, 2.24) is 4.98 Å². The second kappa shape index (κ2) is 6.33. The molecule has 0 bridgehead atoms. The molecule has 0 saturated carbocycles. The summed E-state index contributed by atoms with van der Waals surface area (Å²) in [4.78, 5) is 15.5. The van der Waals surface area contributed by atoms with Gasteiger partial charge in [0.2, 0.25) is 0 Å². The lowest BCUT2D eigenvalue weighted by atomic mass is 10.0. The summed E-state index contributed by atoms with van der Waals surface area (Å²) >= 11 is 1.41. The van der Waals surface area contributed by atoms with E-state index in [4.69, 9.17) is 0 Å². The standard InChI is InChI=1S/C14H16N2O2S/c1-10(11-6-4-3-5-7-11)8-15-14-16-12(9-19-14)13(17)18-2/h3-7,9-10H,8H2,1-2H3,(H,15,16). The zero-order valence-corrected chi connectivity index (χ0v) is 11.7. The summed E-state index contributed by atoms with van der Waals surface area (Å²) in [6.45, 7) is 2.93. The SMILES string of the molecule is COC(=O)c1csc(NCC(C)c2ccccc2)n1. The maximum absolute atomic E-state index is 11.3. The molecule has 4 nitrogen and oxygen atoms in total. The Morgan fingerprint density at radius 1 is 1.42 bits per heavy atom. The normalized spacial score (nSPS) is 11.9. The fourth-order valence-corrected chi connectivity index (χ4v) is 2.38. The summed E-state index contributed by atoms with van der Waals surface area (Å²) in [6.07, 6.45) is 0. The molecule has 1 aromatic heterocycles. The van der Waals surface area contributed by atoms with E-state index >= 15 is 0 Å². The van der Waals surface area contributed by atoms with E-state index in [-0.39, 0.29) is 0 Å². The van der Waals surface area contributed by atoms with Crippen LogP contribution in [0.25, 0.3) is 0 Å². The Kier molecular flexibility index (Phi) is 4.52. The molecular formula is C14H16N2O2S. The van der Waals surface area contributed by atoms with Gasteiger partial charge in [-0.15, -0.1) is 11.3 Å². The van der Waals surface area contributed by atoms with Crippen molar-refractivity contribution in [3.05, 3.63) is 47.0 Å². The minimum atomic E-state index is -0.402. The van der Waals surface area contributed by atoms with E-state index in [1.807, 2.05) is 18.2 Å². The predicted molar refractivity (Wildman–Crippen MR) is 76.8 cm³/mol. The van der Waals surface area contributed by atoms with Gasteiger partial charge in [0.25, 0.3) is 0 Å². The fraction of sp³-hybridized carbons (Fsp3) is 0.286. The number of hydrogen-bond acceptors (Lipinski definition) is 5. The van der Waals surface area contributed by atoms with Gasteiger partial charge in [-0.25, -0.2) is 9.78 Å². The van der Waals surface area contributed by atoms with Gasteiger partial charge in [-0.3, -0.25) is 0 Å². The molecule has 100 valence electrons. The molecule has 0 aliphatic carbocycles. The Labute approximate surface area is 116 Å². The first-order valence-corrected chi connectivity index (χ1v) is 6.91. The number of methoxy groups -OCH3 is 1. The van der Waals surface area contributed by atoms with E-state index in [2.05, 4.69) is 34.1 Å². The largest absolute Gasteiger partial charge is 0.464 e. The molecule has 0 radical (unpaired) electrons. The first kappa shape index (κ1) is 13.5. The zero-order valence-electron chi connectivity index (χ0n) is 10.9. The lowest BCUT2D eigenvalue weighted by Gasteiger charge is -2.12. The van der Waals surface area contributed by atoms with E-state index in [9.17, 15) is 4.79 Å². The van der Waals surface area contributed by atoms with Crippen LogP contribution in [0.15, 0.2) is 35.7 Å². The number of nitrogens with one attached hydrogen (secondary N) is 1. The average Bonchev–Trinajstić information content (AvgIpc) is 2.93. The molecule has 0 fully saturated rings. The van der Waals surface area contributed by atoms with E-state index in [1.165, 1.54) is 24.0 Å². The number of nitrogens with zero attached hydrogens (tertiary/aromatic N) is 1. The van der Waals surface area contributed by atoms with Gasteiger partial charge >= 0.3 is 5.97 Å². The molecular weight excluding hydrogens is 260 g/mol. The minimum Gasteiger partial charge on any atom is -0.464 e.